The predicted octanol–water partition coefficient (Wildman–Crippen LogP) is 6.07. The maximum atomic E-state index is 6.47. The summed E-state index contributed by atoms with van der Waals surface area (Å²) in [6.07, 6.45) is 0. The van der Waals surface area contributed by atoms with Gasteiger partial charge in [0, 0.05) is 5.92 Å². The average molecular weight is 410 g/mol. The highest BCUT2D eigenvalue weighted by atomic mass is 16.7. The summed E-state index contributed by atoms with van der Waals surface area (Å²) < 4.78 is 12.9. The molecule has 3 aromatic carbocycles. The minimum Gasteiger partial charge on any atom is -0.399 e. The molecule has 1 saturated heterocycles. The van der Waals surface area contributed by atoms with Gasteiger partial charge < -0.3 is 9.31 Å². The normalized spacial score (nSPS) is 20.6. The highest BCUT2D eigenvalue weighted by molar-refractivity contribution is 6.64. The molecule has 1 aliphatic heterocycles. The Kier molecular flexibility index (Phi) is 4.52. The fourth-order valence-electron chi connectivity index (χ4n) is 5.41. The third kappa shape index (κ3) is 3.02. The van der Waals surface area contributed by atoms with Gasteiger partial charge in [-0.25, -0.2) is 0 Å². The standard InChI is InChI=1S/C28H31BO2/c1-17-15-18(2)24(19(3)16-17)26-21-12-9-8-11-20(21)25-22(26)13-10-14-23(25)29-30-27(4,5)28(6,7)31-29/h8-16,26H,1-7H3. The highest BCUT2D eigenvalue weighted by Crippen LogP contribution is 2.49. The topological polar surface area (TPSA) is 18.5 Å². The molecule has 0 bridgehead atoms. The number of fused-ring (bicyclic) bond motifs is 3. The molecule has 0 radical (unpaired) electrons. The van der Waals surface area contributed by atoms with Gasteiger partial charge in [0.2, 0.25) is 0 Å². The van der Waals surface area contributed by atoms with Crippen molar-refractivity contribution in [1.29, 1.82) is 0 Å². The van der Waals surface area contributed by atoms with Gasteiger partial charge in [0.25, 0.3) is 0 Å². The van der Waals surface area contributed by atoms with Crippen LogP contribution in [0, 0.1) is 20.8 Å². The second kappa shape index (κ2) is 6.82. The summed E-state index contributed by atoms with van der Waals surface area (Å²) in [6.45, 7) is 15.1. The summed E-state index contributed by atoms with van der Waals surface area (Å²) in [5.41, 5.74) is 11.2. The molecular formula is C28H31BO2. The van der Waals surface area contributed by atoms with Crippen molar-refractivity contribution in [2.45, 2.75) is 65.6 Å². The number of hydrogen-bond acceptors (Lipinski definition) is 2. The number of aryl methyl sites for hydroxylation is 3. The highest BCUT2D eigenvalue weighted by Gasteiger charge is 2.53. The Morgan fingerprint density at radius 2 is 1.32 bits per heavy atom. The Bertz CT molecular complexity index is 1150. The van der Waals surface area contributed by atoms with E-state index >= 15 is 0 Å². The molecule has 0 saturated carbocycles. The first kappa shape index (κ1) is 20.5. The molecule has 2 aliphatic rings. The van der Waals surface area contributed by atoms with Crippen molar-refractivity contribution in [1.82, 2.24) is 0 Å². The van der Waals surface area contributed by atoms with Gasteiger partial charge in [0.15, 0.2) is 0 Å². The van der Waals surface area contributed by atoms with Crippen molar-refractivity contribution in [2.75, 3.05) is 0 Å². The van der Waals surface area contributed by atoms with Crippen LogP contribution in [0.2, 0.25) is 0 Å². The molecule has 158 valence electrons. The van der Waals surface area contributed by atoms with Crippen LogP contribution < -0.4 is 5.46 Å². The SMILES string of the molecule is Cc1cc(C)c(C2c3ccccc3-c3c(B4OC(C)(C)C(C)(C)O4)cccc32)c(C)c1. The van der Waals surface area contributed by atoms with E-state index in [0.717, 1.165) is 5.46 Å². The largest absolute Gasteiger partial charge is 0.495 e. The van der Waals surface area contributed by atoms with E-state index in [0.29, 0.717) is 0 Å². The van der Waals surface area contributed by atoms with E-state index in [9.17, 15) is 0 Å². The lowest BCUT2D eigenvalue weighted by Gasteiger charge is -2.32. The Hall–Kier alpha value is -2.36. The zero-order chi connectivity index (χ0) is 22.1. The second-order valence-corrected chi connectivity index (χ2v) is 10.2. The van der Waals surface area contributed by atoms with Crippen LogP contribution in [0.1, 0.15) is 67.0 Å². The molecule has 1 aliphatic carbocycles. The third-order valence-corrected chi connectivity index (χ3v) is 7.51. The van der Waals surface area contributed by atoms with Gasteiger partial charge in [-0.2, -0.15) is 0 Å². The molecule has 0 N–H and O–H groups in total. The van der Waals surface area contributed by atoms with Crippen LogP contribution in [0.3, 0.4) is 0 Å². The molecule has 0 aromatic heterocycles. The lowest BCUT2D eigenvalue weighted by molar-refractivity contribution is 0.00578. The van der Waals surface area contributed by atoms with Gasteiger partial charge in [-0.15, -0.1) is 0 Å². The third-order valence-electron chi connectivity index (χ3n) is 7.51. The Morgan fingerprint density at radius 3 is 1.97 bits per heavy atom. The maximum Gasteiger partial charge on any atom is 0.495 e. The van der Waals surface area contributed by atoms with Gasteiger partial charge in [-0.05, 0) is 92.9 Å². The van der Waals surface area contributed by atoms with Crippen LogP contribution >= 0.6 is 0 Å². The lowest BCUT2D eigenvalue weighted by Crippen LogP contribution is -2.41. The van der Waals surface area contributed by atoms with Gasteiger partial charge in [0.1, 0.15) is 0 Å². The van der Waals surface area contributed by atoms with E-state index in [1.807, 2.05) is 0 Å². The fourth-order valence-corrected chi connectivity index (χ4v) is 5.41. The summed E-state index contributed by atoms with van der Waals surface area (Å²) in [5, 5.41) is 0. The molecule has 2 nitrogen and oxygen atoms in total. The number of hydrogen-bond donors (Lipinski definition) is 0. The molecule has 3 aromatic rings. The van der Waals surface area contributed by atoms with Crippen LogP contribution in [0.5, 0.6) is 0 Å². The minimum atomic E-state index is -0.369. The van der Waals surface area contributed by atoms with Crippen LogP contribution in [-0.2, 0) is 9.31 Å². The van der Waals surface area contributed by atoms with Crippen molar-refractivity contribution in [3.05, 3.63) is 88.0 Å². The Labute approximate surface area is 186 Å². The van der Waals surface area contributed by atoms with E-state index in [1.54, 1.807) is 0 Å². The molecule has 0 spiro atoms. The monoisotopic (exact) mass is 410 g/mol. The number of rotatable bonds is 2. The molecular weight excluding hydrogens is 379 g/mol. The quantitative estimate of drug-likeness (QED) is 0.374. The van der Waals surface area contributed by atoms with E-state index in [-0.39, 0.29) is 24.2 Å². The van der Waals surface area contributed by atoms with Crippen molar-refractivity contribution in [3.8, 4) is 11.1 Å². The zero-order valence-corrected chi connectivity index (χ0v) is 19.7. The molecule has 5 rings (SSSR count). The van der Waals surface area contributed by atoms with Crippen molar-refractivity contribution in [2.24, 2.45) is 0 Å². The summed E-state index contributed by atoms with van der Waals surface area (Å²) in [4.78, 5) is 0. The van der Waals surface area contributed by atoms with Crippen LogP contribution in [-0.4, -0.2) is 18.3 Å². The van der Waals surface area contributed by atoms with Crippen LogP contribution in [0.15, 0.2) is 54.6 Å². The van der Waals surface area contributed by atoms with Gasteiger partial charge >= 0.3 is 7.12 Å². The summed E-state index contributed by atoms with van der Waals surface area (Å²) in [6, 6.07) is 20.1. The van der Waals surface area contributed by atoms with Gasteiger partial charge in [0.05, 0.1) is 11.2 Å². The maximum absolute atomic E-state index is 6.47. The minimum absolute atomic E-state index is 0.231. The van der Waals surface area contributed by atoms with E-state index < -0.39 is 0 Å². The lowest BCUT2D eigenvalue weighted by atomic mass is 9.73. The molecule has 3 heteroatoms. The second-order valence-electron chi connectivity index (χ2n) is 10.2. The van der Waals surface area contributed by atoms with E-state index in [1.165, 1.54) is 44.5 Å². The smallest absolute Gasteiger partial charge is 0.399 e. The van der Waals surface area contributed by atoms with Crippen LogP contribution in [0.25, 0.3) is 11.1 Å². The Balaban J connectivity index is 1.73. The molecule has 1 atom stereocenters. The Morgan fingerprint density at radius 1 is 0.742 bits per heavy atom. The van der Waals surface area contributed by atoms with Gasteiger partial charge in [-0.1, -0.05) is 60.2 Å². The zero-order valence-electron chi connectivity index (χ0n) is 19.7. The fraction of sp³-hybridized carbons (Fsp3) is 0.357. The van der Waals surface area contributed by atoms with Gasteiger partial charge in [-0.3, -0.25) is 0 Å². The first-order chi connectivity index (χ1) is 14.6. The average Bonchev–Trinajstić information content (AvgIpc) is 3.12. The molecule has 1 fully saturated rings. The van der Waals surface area contributed by atoms with Crippen molar-refractivity contribution in [3.63, 3.8) is 0 Å². The predicted molar refractivity (Wildman–Crippen MR) is 129 cm³/mol. The first-order valence-electron chi connectivity index (χ1n) is 11.3. The molecule has 31 heavy (non-hydrogen) atoms. The molecule has 1 heterocycles. The van der Waals surface area contributed by atoms with E-state index in [2.05, 4.69) is 103 Å². The first-order valence-corrected chi connectivity index (χ1v) is 11.3. The number of benzene rings is 3. The van der Waals surface area contributed by atoms with E-state index in [4.69, 9.17) is 9.31 Å². The molecule has 0 amide bonds. The summed E-state index contributed by atoms with van der Waals surface area (Å²) in [7, 11) is -0.369. The summed E-state index contributed by atoms with van der Waals surface area (Å²) >= 11 is 0. The summed E-state index contributed by atoms with van der Waals surface area (Å²) in [5.74, 6) is 0.231. The van der Waals surface area contributed by atoms with Crippen molar-refractivity contribution < 1.29 is 9.31 Å². The molecule has 1 unspecified atom stereocenters. The van der Waals surface area contributed by atoms with Crippen LogP contribution in [0.4, 0.5) is 0 Å². The van der Waals surface area contributed by atoms with Crippen molar-refractivity contribution >= 4 is 12.6 Å².